The molecule has 1 saturated heterocycles. The van der Waals surface area contributed by atoms with E-state index in [-0.39, 0.29) is 0 Å². The molecule has 0 N–H and O–H groups in total. The van der Waals surface area contributed by atoms with Crippen molar-refractivity contribution in [3.8, 4) is 0 Å². The summed E-state index contributed by atoms with van der Waals surface area (Å²) in [5.74, 6) is 0.863. The van der Waals surface area contributed by atoms with Gasteiger partial charge in [0.25, 0.3) is 0 Å². The lowest BCUT2D eigenvalue weighted by Gasteiger charge is -2.27. The summed E-state index contributed by atoms with van der Waals surface area (Å²) in [7, 11) is 0. The summed E-state index contributed by atoms with van der Waals surface area (Å²) in [5, 5.41) is 0. The van der Waals surface area contributed by atoms with Gasteiger partial charge in [-0.2, -0.15) is 0 Å². The lowest BCUT2D eigenvalue weighted by Crippen LogP contribution is -2.38. The predicted molar refractivity (Wildman–Crippen MR) is 79.3 cm³/mol. The molecule has 0 aromatic heterocycles. The Kier molecular flexibility index (Phi) is 5.83. The topological polar surface area (TPSA) is 23.6 Å². The summed E-state index contributed by atoms with van der Waals surface area (Å²) >= 11 is 0. The average Bonchev–Trinajstić information content (AvgIpc) is 2.77. The smallest absolute Gasteiger partial charge is 0.137 e. The molecule has 0 aromatic carbocycles. The minimum absolute atomic E-state index is 0.331. The van der Waals surface area contributed by atoms with E-state index in [1.54, 1.807) is 0 Å². The zero-order chi connectivity index (χ0) is 13.7. The summed E-state index contributed by atoms with van der Waals surface area (Å²) in [6.45, 7) is 10.2. The number of carbonyl (C=O) groups is 1. The number of ketones is 1. The van der Waals surface area contributed by atoms with Crippen LogP contribution in [0.1, 0.15) is 52.4 Å². The van der Waals surface area contributed by atoms with Crippen molar-refractivity contribution in [1.82, 2.24) is 9.80 Å². The maximum Gasteiger partial charge on any atom is 0.137 e. The molecule has 0 radical (unpaired) electrons. The molecule has 1 saturated carbocycles. The number of nitrogens with zero attached hydrogens (tertiary/aromatic N) is 2. The number of hydrogen-bond donors (Lipinski definition) is 0. The van der Waals surface area contributed by atoms with Crippen molar-refractivity contribution in [3.05, 3.63) is 0 Å². The van der Waals surface area contributed by atoms with E-state index >= 15 is 0 Å². The number of carbonyl (C=O) groups excluding carboxylic acids is 1. The Labute approximate surface area is 118 Å². The number of rotatable bonds is 5. The van der Waals surface area contributed by atoms with Gasteiger partial charge in [-0.15, -0.1) is 0 Å². The van der Waals surface area contributed by atoms with Crippen molar-refractivity contribution in [3.63, 3.8) is 0 Å². The molecule has 3 heteroatoms. The summed E-state index contributed by atoms with van der Waals surface area (Å²) in [6, 6.07) is 0.718. The van der Waals surface area contributed by atoms with E-state index in [2.05, 4.69) is 23.6 Å². The van der Waals surface area contributed by atoms with Crippen LogP contribution in [0.2, 0.25) is 0 Å². The molecular formula is C16H30N2O. The Bertz CT molecular complexity index is 288. The maximum atomic E-state index is 12.1. The Morgan fingerprint density at radius 3 is 2.68 bits per heavy atom. The van der Waals surface area contributed by atoms with Crippen molar-refractivity contribution in [1.29, 1.82) is 0 Å². The lowest BCUT2D eigenvalue weighted by atomic mass is 9.98. The number of hydrogen-bond acceptors (Lipinski definition) is 3. The molecule has 0 aromatic rings. The van der Waals surface area contributed by atoms with E-state index in [4.69, 9.17) is 0 Å². The van der Waals surface area contributed by atoms with Gasteiger partial charge in [-0.05, 0) is 38.9 Å². The van der Waals surface area contributed by atoms with Crippen LogP contribution in [0.3, 0.4) is 0 Å². The first-order valence-corrected chi connectivity index (χ1v) is 8.23. The van der Waals surface area contributed by atoms with E-state index in [1.165, 1.54) is 32.4 Å². The minimum atomic E-state index is 0.331. The van der Waals surface area contributed by atoms with Gasteiger partial charge in [-0.1, -0.05) is 26.7 Å². The van der Waals surface area contributed by atoms with Crippen LogP contribution < -0.4 is 0 Å². The van der Waals surface area contributed by atoms with Gasteiger partial charge < -0.3 is 4.90 Å². The first-order chi connectivity index (χ1) is 9.24. The van der Waals surface area contributed by atoms with E-state index in [0.29, 0.717) is 11.7 Å². The van der Waals surface area contributed by atoms with Gasteiger partial charge in [0.1, 0.15) is 5.78 Å². The van der Waals surface area contributed by atoms with Gasteiger partial charge in [0.05, 0.1) is 0 Å². The van der Waals surface area contributed by atoms with Crippen LogP contribution in [0.25, 0.3) is 0 Å². The second-order valence-corrected chi connectivity index (χ2v) is 6.19. The Morgan fingerprint density at radius 2 is 1.95 bits per heavy atom. The van der Waals surface area contributed by atoms with Crippen molar-refractivity contribution in [2.75, 3.05) is 32.7 Å². The van der Waals surface area contributed by atoms with Crippen LogP contribution in [-0.2, 0) is 4.79 Å². The standard InChI is InChI=1S/C16H30N2O/c1-3-18(4-2)15-10-11-17(13-15)12-14-8-6-5-7-9-16(14)19/h14-15H,3-13H2,1-2H3. The molecule has 1 aliphatic carbocycles. The molecule has 1 aliphatic heterocycles. The van der Waals surface area contributed by atoms with Crippen LogP contribution in [0.5, 0.6) is 0 Å². The predicted octanol–water partition coefficient (Wildman–Crippen LogP) is 2.55. The monoisotopic (exact) mass is 266 g/mol. The van der Waals surface area contributed by atoms with Gasteiger partial charge in [-0.3, -0.25) is 9.69 Å². The van der Waals surface area contributed by atoms with Crippen LogP contribution in [0.15, 0.2) is 0 Å². The van der Waals surface area contributed by atoms with Crippen molar-refractivity contribution in [2.45, 2.75) is 58.4 Å². The summed E-state index contributed by atoms with van der Waals surface area (Å²) in [5.41, 5.74) is 0. The molecule has 0 spiro atoms. The highest BCUT2D eigenvalue weighted by atomic mass is 16.1. The largest absolute Gasteiger partial charge is 0.301 e. The number of likely N-dealkylation sites (N-methyl/N-ethyl adjacent to an activating group) is 1. The fraction of sp³-hybridized carbons (Fsp3) is 0.938. The van der Waals surface area contributed by atoms with Gasteiger partial charge in [0.15, 0.2) is 0 Å². The zero-order valence-electron chi connectivity index (χ0n) is 12.7. The van der Waals surface area contributed by atoms with Crippen LogP contribution >= 0.6 is 0 Å². The highest BCUT2D eigenvalue weighted by Crippen LogP contribution is 2.23. The highest BCUT2D eigenvalue weighted by Gasteiger charge is 2.29. The molecule has 2 unspecified atom stereocenters. The van der Waals surface area contributed by atoms with Crippen molar-refractivity contribution in [2.24, 2.45) is 5.92 Å². The highest BCUT2D eigenvalue weighted by molar-refractivity contribution is 5.81. The molecular weight excluding hydrogens is 236 g/mol. The third-order valence-electron chi connectivity index (χ3n) is 4.99. The Hall–Kier alpha value is -0.410. The molecule has 2 fully saturated rings. The number of likely N-dealkylation sites (tertiary alicyclic amines) is 1. The quantitative estimate of drug-likeness (QED) is 0.715. The van der Waals surface area contributed by atoms with Crippen molar-refractivity contribution < 1.29 is 4.79 Å². The summed E-state index contributed by atoms with van der Waals surface area (Å²) in [6.07, 6.45) is 6.87. The summed E-state index contributed by atoms with van der Waals surface area (Å²) in [4.78, 5) is 17.2. The third kappa shape index (κ3) is 4.03. The second kappa shape index (κ2) is 7.39. The molecule has 19 heavy (non-hydrogen) atoms. The first kappa shape index (κ1) is 15.0. The second-order valence-electron chi connectivity index (χ2n) is 6.19. The van der Waals surface area contributed by atoms with E-state index < -0.39 is 0 Å². The zero-order valence-corrected chi connectivity index (χ0v) is 12.7. The third-order valence-corrected chi connectivity index (χ3v) is 4.99. The van der Waals surface area contributed by atoms with Gasteiger partial charge in [0.2, 0.25) is 0 Å². The molecule has 0 amide bonds. The molecule has 110 valence electrons. The molecule has 2 atom stereocenters. The van der Waals surface area contributed by atoms with Gasteiger partial charge >= 0.3 is 0 Å². The normalized spacial score (nSPS) is 29.9. The molecule has 3 nitrogen and oxygen atoms in total. The summed E-state index contributed by atoms with van der Waals surface area (Å²) < 4.78 is 0. The fourth-order valence-electron chi connectivity index (χ4n) is 3.75. The number of Topliss-reactive ketones (excluding diaryl/α,β-unsaturated/α-hetero) is 1. The average molecular weight is 266 g/mol. The Balaban J connectivity index is 1.82. The van der Waals surface area contributed by atoms with E-state index in [0.717, 1.165) is 44.9 Å². The van der Waals surface area contributed by atoms with Gasteiger partial charge in [-0.25, -0.2) is 0 Å². The van der Waals surface area contributed by atoms with Crippen LogP contribution in [0, 0.1) is 5.92 Å². The van der Waals surface area contributed by atoms with E-state index in [1.807, 2.05) is 0 Å². The molecule has 2 rings (SSSR count). The molecule has 2 aliphatic rings. The van der Waals surface area contributed by atoms with Crippen LogP contribution in [-0.4, -0.2) is 54.3 Å². The fourth-order valence-corrected chi connectivity index (χ4v) is 3.75. The molecule has 1 heterocycles. The maximum absolute atomic E-state index is 12.1. The van der Waals surface area contributed by atoms with Crippen LogP contribution in [0.4, 0.5) is 0 Å². The Morgan fingerprint density at radius 1 is 1.16 bits per heavy atom. The first-order valence-electron chi connectivity index (χ1n) is 8.23. The van der Waals surface area contributed by atoms with E-state index in [9.17, 15) is 4.79 Å². The van der Waals surface area contributed by atoms with Crippen molar-refractivity contribution >= 4 is 5.78 Å². The SMILES string of the molecule is CCN(CC)C1CCN(CC2CCCCCC2=O)C1. The minimum Gasteiger partial charge on any atom is -0.301 e. The lowest BCUT2D eigenvalue weighted by molar-refractivity contribution is -0.123. The molecule has 0 bridgehead atoms. The van der Waals surface area contributed by atoms with Gasteiger partial charge in [0, 0.05) is 31.5 Å².